The predicted molar refractivity (Wildman–Crippen MR) is 108 cm³/mol. The van der Waals surface area contributed by atoms with Gasteiger partial charge < -0.3 is 15.2 Å². The quantitative estimate of drug-likeness (QED) is 0.562. The van der Waals surface area contributed by atoms with E-state index in [1.54, 1.807) is 24.3 Å². The van der Waals surface area contributed by atoms with Crippen LogP contribution in [-0.2, 0) is 11.3 Å². The Hall–Kier alpha value is -2.74. The van der Waals surface area contributed by atoms with Crippen LogP contribution < -0.4 is 10.9 Å². The number of aromatic nitrogens is 2. The number of carbonyl (C=O) groups is 2. The minimum Gasteiger partial charge on any atom is -0.352 e. The van der Waals surface area contributed by atoms with Gasteiger partial charge in [-0.15, -0.1) is 6.58 Å². The number of rotatable bonds is 7. The first-order valence-electron chi connectivity index (χ1n) is 8.74. The van der Waals surface area contributed by atoms with Crippen molar-refractivity contribution in [3.8, 4) is 0 Å². The van der Waals surface area contributed by atoms with Crippen molar-refractivity contribution in [2.45, 2.75) is 33.4 Å². The van der Waals surface area contributed by atoms with Gasteiger partial charge in [0.1, 0.15) is 0 Å². The zero-order valence-corrected chi connectivity index (χ0v) is 16.6. The normalized spacial score (nSPS) is 10.8. The first-order chi connectivity index (χ1) is 12.8. The molecule has 0 saturated heterocycles. The summed E-state index contributed by atoms with van der Waals surface area (Å²) in [4.78, 5) is 41.7. The van der Waals surface area contributed by atoms with Gasteiger partial charge in [0, 0.05) is 24.7 Å². The van der Waals surface area contributed by atoms with Crippen LogP contribution in [0.2, 0.25) is 0 Å². The van der Waals surface area contributed by atoms with E-state index >= 15 is 0 Å². The predicted octanol–water partition coefficient (Wildman–Crippen LogP) is 2.23. The number of fused-ring (bicyclic) bond motifs is 1. The average Bonchev–Trinajstić information content (AvgIpc) is 2.61. The zero-order chi connectivity index (χ0) is 20.1. The van der Waals surface area contributed by atoms with Gasteiger partial charge in [0.15, 0.2) is 4.77 Å². The fourth-order valence-corrected chi connectivity index (χ4v) is 3.00. The Bertz CT molecular complexity index is 991. The molecule has 0 atom stereocenters. The summed E-state index contributed by atoms with van der Waals surface area (Å²) in [6.07, 6.45) is 1.59. The summed E-state index contributed by atoms with van der Waals surface area (Å²) in [6, 6.07) is 4.78. The number of benzene rings is 1. The molecule has 8 heteroatoms. The number of aromatic amines is 1. The Kier molecular flexibility index (Phi) is 6.68. The van der Waals surface area contributed by atoms with Crippen molar-refractivity contribution in [2.24, 2.45) is 0 Å². The summed E-state index contributed by atoms with van der Waals surface area (Å²) in [6.45, 7) is 9.82. The molecule has 0 aliphatic rings. The summed E-state index contributed by atoms with van der Waals surface area (Å²) < 4.78 is 1.67. The summed E-state index contributed by atoms with van der Waals surface area (Å²) >= 11 is 5.22. The summed E-state index contributed by atoms with van der Waals surface area (Å²) in [5.41, 5.74) is 0.628. The summed E-state index contributed by atoms with van der Waals surface area (Å²) in [5.74, 6) is -0.499. The van der Waals surface area contributed by atoms with E-state index in [2.05, 4.69) is 16.9 Å². The van der Waals surface area contributed by atoms with Gasteiger partial charge in [-0.3, -0.25) is 19.0 Å². The highest BCUT2D eigenvalue weighted by molar-refractivity contribution is 7.71. The number of allylic oxidation sites excluding steroid dienone is 1. The van der Waals surface area contributed by atoms with Gasteiger partial charge in [0.2, 0.25) is 5.91 Å². The molecule has 2 amide bonds. The monoisotopic (exact) mass is 388 g/mol. The minimum atomic E-state index is -0.284. The Morgan fingerprint density at radius 3 is 2.70 bits per heavy atom. The third-order valence-corrected chi connectivity index (χ3v) is 4.32. The largest absolute Gasteiger partial charge is 0.352 e. The molecule has 0 aliphatic heterocycles. The summed E-state index contributed by atoms with van der Waals surface area (Å²) in [5, 5.41) is 3.20. The van der Waals surface area contributed by atoms with E-state index in [-0.39, 0.29) is 34.7 Å². The number of nitrogens with zero attached hydrogens (tertiary/aromatic N) is 2. The van der Waals surface area contributed by atoms with Crippen molar-refractivity contribution >= 4 is 34.9 Å². The van der Waals surface area contributed by atoms with Crippen LogP contribution in [-0.4, -0.2) is 45.4 Å². The van der Waals surface area contributed by atoms with E-state index in [1.165, 1.54) is 9.47 Å². The molecule has 2 N–H and O–H groups in total. The SMILES string of the molecule is C=CCn1c(=S)[nH]c2cc(C(=O)N(CC)CC(=O)NC(C)C)ccc2c1=O. The Morgan fingerprint density at radius 2 is 2.11 bits per heavy atom. The second-order valence-electron chi connectivity index (χ2n) is 6.44. The molecule has 0 bridgehead atoms. The summed E-state index contributed by atoms with van der Waals surface area (Å²) in [7, 11) is 0. The Morgan fingerprint density at radius 1 is 1.41 bits per heavy atom. The zero-order valence-electron chi connectivity index (χ0n) is 15.7. The van der Waals surface area contributed by atoms with Gasteiger partial charge in [0.05, 0.1) is 17.4 Å². The third-order valence-electron chi connectivity index (χ3n) is 3.99. The number of hydrogen-bond acceptors (Lipinski definition) is 4. The number of H-pyrrole nitrogens is 1. The molecule has 0 fully saturated rings. The van der Waals surface area contributed by atoms with Crippen LogP contribution in [0.25, 0.3) is 10.9 Å². The van der Waals surface area contributed by atoms with E-state index in [0.29, 0.717) is 29.6 Å². The molecular formula is C19H24N4O3S. The van der Waals surface area contributed by atoms with Gasteiger partial charge in [-0.2, -0.15) is 0 Å². The molecule has 2 rings (SSSR count). The highest BCUT2D eigenvalue weighted by atomic mass is 32.1. The molecule has 27 heavy (non-hydrogen) atoms. The maximum absolute atomic E-state index is 12.8. The van der Waals surface area contributed by atoms with E-state index in [1.807, 2.05) is 20.8 Å². The molecule has 7 nitrogen and oxygen atoms in total. The molecule has 1 aromatic heterocycles. The average molecular weight is 388 g/mol. The lowest BCUT2D eigenvalue weighted by atomic mass is 10.1. The number of likely N-dealkylation sites (N-methyl/N-ethyl adjacent to an activating group) is 1. The molecule has 1 aromatic carbocycles. The fourth-order valence-electron chi connectivity index (χ4n) is 2.73. The molecule has 0 spiro atoms. The van der Waals surface area contributed by atoms with E-state index in [9.17, 15) is 14.4 Å². The standard InChI is InChI=1S/C19H24N4O3S/c1-5-9-23-18(26)14-8-7-13(10-15(14)21-19(23)27)17(25)22(6-2)11-16(24)20-12(3)4/h5,7-8,10,12H,1,6,9,11H2,2-4H3,(H,20,24)(H,21,27). The Balaban J connectivity index is 2.37. The number of amides is 2. The van der Waals surface area contributed by atoms with Crippen LogP contribution in [0, 0.1) is 4.77 Å². The first-order valence-corrected chi connectivity index (χ1v) is 9.15. The third kappa shape index (κ3) is 4.71. The van der Waals surface area contributed by atoms with Gasteiger partial charge in [-0.1, -0.05) is 6.08 Å². The van der Waals surface area contributed by atoms with Crippen LogP contribution in [0.3, 0.4) is 0 Å². The molecule has 2 aromatic rings. The van der Waals surface area contributed by atoms with Crippen molar-refractivity contribution in [3.05, 3.63) is 51.5 Å². The maximum Gasteiger partial charge on any atom is 0.262 e. The van der Waals surface area contributed by atoms with Crippen molar-refractivity contribution in [1.29, 1.82) is 0 Å². The lowest BCUT2D eigenvalue weighted by molar-refractivity contribution is -0.122. The van der Waals surface area contributed by atoms with Crippen molar-refractivity contribution in [1.82, 2.24) is 19.8 Å². The van der Waals surface area contributed by atoms with Crippen molar-refractivity contribution < 1.29 is 9.59 Å². The molecule has 144 valence electrons. The maximum atomic E-state index is 12.8. The number of nitrogens with one attached hydrogen (secondary N) is 2. The van der Waals surface area contributed by atoms with Gasteiger partial charge in [0.25, 0.3) is 11.5 Å². The van der Waals surface area contributed by atoms with Gasteiger partial charge in [-0.25, -0.2) is 0 Å². The lowest BCUT2D eigenvalue weighted by Gasteiger charge is -2.21. The molecule has 1 heterocycles. The highest BCUT2D eigenvalue weighted by Gasteiger charge is 2.18. The lowest BCUT2D eigenvalue weighted by Crippen LogP contribution is -2.42. The highest BCUT2D eigenvalue weighted by Crippen LogP contribution is 2.13. The van der Waals surface area contributed by atoms with Crippen LogP contribution >= 0.6 is 12.2 Å². The van der Waals surface area contributed by atoms with E-state index < -0.39 is 0 Å². The van der Waals surface area contributed by atoms with Crippen LogP contribution in [0.4, 0.5) is 0 Å². The molecule has 0 unspecified atom stereocenters. The minimum absolute atomic E-state index is 0.00443. The van der Waals surface area contributed by atoms with Crippen LogP contribution in [0.1, 0.15) is 31.1 Å². The van der Waals surface area contributed by atoms with Gasteiger partial charge >= 0.3 is 0 Å². The number of carbonyl (C=O) groups excluding carboxylic acids is 2. The second kappa shape index (κ2) is 8.77. The van der Waals surface area contributed by atoms with Crippen LogP contribution in [0.15, 0.2) is 35.6 Å². The topological polar surface area (TPSA) is 87.2 Å². The van der Waals surface area contributed by atoms with E-state index in [4.69, 9.17) is 12.2 Å². The van der Waals surface area contributed by atoms with Crippen molar-refractivity contribution in [3.63, 3.8) is 0 Å². The van der Waals surface area contributed by atoms with E-state index in [0.717, 1.165) is 0 Å². The fraction of sp³-hybridized carbons (Fsp3) is 0.368. The first kappa shape index (κ1) is 20.6. The molecule has 0 radical (unpaired) electrons. The van der Waals surface area contributed by atoms with Gasteiger partial charge in [-0.05, 0) is 51.2 Å². The molecular weight excluding hydrogens is 364 g/mol. The van der Waals surface area contributed by atoms with Crippen molar-refractivity contribution in [2.75, 3.05) is 13.1 Å². The number of hydrogen-bond donors (Lipinski definition) is 2. The van der Waals surface area contributed by atoms with Crippen LogP contribution in [0.5, 0.6) is 0 Å². The second-order valence-corrected chi connectivity index (χ2v) is 6.82. The molecule has 0 aliphatic carbocycles. The smallest absolute Gasteiger partial charge is 0.262 e. The Labute approximate surface area is 162 Å². The molecule has 0 saturated carbocycles.